The summed E-state index contributed by atoms with van der Waals surface area (Å²) in [5.74, 6) is 1.67. The van der Waals surface area contributed by atoms with Crippen molar-refractivity contribution >= 4 is 34.5 Å². The number of unbranched alkanes of at least 4 members (excludes halogenated alkanes) is 1. The first-order valence-electron chi connectivity index (χ1n) is 11.7. The summed E-state index contributed by atoms with van der Waals surface area (Å²) in [5, 5.41) is 16.9. The second kappa shape index (κ2) is 10.7. The van der Waals surface area contributed by atoms with Gasteiger partial charge in [0, 0.05) is 23.6 Å². The van der Waals surface area contributed by atoms with Crippen LogP contribution in [0.5, 0.6) is 11.5 Å². The molecule has 5 rings (SSSR count). The zero-order chi connectivity index (χ0) is 24.9. The van der Waals surface area contributed by atoms with Crippen molar-refractivity contribution in [2.24, 2.45) is 0 Å². The van der Waals surface area contributed by atoms with E-state index in [4.69, 9.17) is 14.6 Å². The van der Waals surface area contributed by atoms with Crippen LogP contribution in [0.2, 0.25) is 0 Å². The van der Waals surface area contributed by atoms with Gasteiger partial charge in [0.2, 0.25) is 5.91 Å². The van der Waals surface area contributed by atoms with Crippen LogP contribution in [-0.4, -0.2) is 49.6 Å². The van der Waals surface area contributed by atoms with Crippen molar-refractivity contribution in [1.82, 2.24) is 24.2 Å². The lowest BCUT2D eigenvalue weighted by molar-refractivity contribution is -0.113. The van der Waals surface area contributed by atoms with E-state index in [0.717, 1.165) is 47.7 Å². The molecule has 0 atom stereocenters. The first kappa shape index (κ1) is 23.7. The summed E-state index contributed by atoms with van der Waals surface area (Å²) in [6, 6.07) is 17.1. The van der Waals surface area contributed by atoms with Crippen LogP contribution in [0.3, 0.4) is 0 Å². The summed E-state index contributed by atoms with van der Waals surface area (Å²) in [6.07, 6.45) is 5.86. The third kappa shape index (κ3) is 5.13. The number of hydrogen-bond donors (Lipinski definition) is 1. The molecule has 0 saturated carbocycles. The maximum atomic E-state index is 12.4. The Bertz CT molecular complexity index is 1480. The smallest absolute Gasteiger partial charge is 0.234 e. The van der Waals surface area contributed by atoms with Gasteiger partial charge in [-0.2, -0.15) is 5.10 Å². The highest BCUT2D eigenvalue weighted by atomic mass is 32.2. The minimum atomic E-state index is -0.128. The van der Waals surface area contributed by atoms with Crippen LogP contribution < -0.4 is 14.8 Å². The van der Waals surface area contributed by atoms with E-state index in [2.05, 4.69) is 22.4 Å². The van der Waals surface area contributed by atoms with Crippen LogP contribution >= 0.6 is 11.8 Å². The number of methoxy groups -OCH3 is 1. The minimum absolute atomic E-state index is 0.128. The fraction of sp³-hybridized carbons (Fsp3) is 0.231. The van der Waals surface area contributed by atoms with E-state index in [1.54, 1.807) is 35.9 Å². The summed E-state index contributed by atoms with van der Waals surface area (Å²) in [6.45, 7) is 2.86. The first-order chi connectivity index (χ1) is 17.6. The van der Waals surface area contributed by atoms with Gasteiger partial charge in [-0.25, -0.2) is 4.52 Å². The van der Waals surface area contributed by atoms with E-state index < -0.39 is 0 Å². The molecule has 0 unspecified atom stereocenters. The second-order valence-corrected chi connectivity index (χ2v) is 9.07. The number of rotatable bonds is 10. The number of anilines is 1. The molecule has 184 valence electrons. The molecule has 0 aliphatic heterocycles. The largest absolute Gasteiger partial charge is 0.497 e. The summed E-state index contributed by atoms with van der Waals surface area (Å²) in [4.78, 5) is 12.4. The summed E-state index contributed by atoms with van der Waals surface area (Å²) >= 11 is 1.32. The molecule has 10 heteroatoms. The number of nitrogens with one attached hydrogen (secondary N) is 1. The Morgan fingerprint density at radius 1 is 1.03 bits per heavy atom. The highest BCUT2D eigenvalue weighted by molar-refractivity contribution is 7.99. The Kier molecular flexibility index (Phi) is 7.03. The van der Waals surface area contributed by atoms with E-state index in [1.165, 1.54) is 11.8 Å². The van der Waals surface area contributed by atoms with Gasteiger partial charge in [0.05, 0.1) is 25.2 Å². The van der Waals surface area contributed by atoms with Gasteiger partial charge in [-0.15, -0.1) is 10.2 Å². The van der Waals surface area contributed by atoms with Gasteiger partial charge in [0.25, 0.3) is 0 Å². The highest BCUT2D eigenvalue weighted by Gasteiger charge is 2.14. The van der Waals surface area contributed by atoms with Crippen molar-refractivity contribution in [1.29, 1.82) is 0 Å². The number of ether oxygens (including phenoxy) is 2. The molecule has 0 spiro atoms. The van der Waals surface area contributed by atoms with Crippen molar-refractivity contribution in [3.63, 3.8) is 0 Å². The lowest BCUT2D eigenvalue weighted by Crippen LogP contribution is -2.14. The standard InChI is InChI=1S/C26H26N6O3S/c1-3-4-15-35-21-9-5-18(6-10-21)22-16-23-25-28-29-26(31(25)13-14-32(23)30-22)36-17-24(33)27-19-7-11-20(34-2)12-8-19/h5-14,16H,3-4,15,17H2,1-2H3,(H,27,33). The molecule has 0 saturated heterocycles. The van der Waals surface area contributed by atoms with Crippen molar-refractivity contribution < 1.29 is 14.3 Å². The molecule has 5 aromatic rings. The van der Waals surface area contributed by atoms with E-state index >= 15 is 0 Å². The quantitative estimate of drug-likeness (QED) is 0.213. The van der Waals surface area contributed by atoms with Gasteiger partial charge >= 0.3 is 0 Å². The van der Waals surface area contributed by atoms with Crippen LogP contribution in [-0.2, 0) is 4.79 Å². The van der Waals surface area contributed by atoms with Crippen LogP contribution in [0.1, 0.15) is 19.8 Å². The van der Waals surface area contributed by atoms with Crippen molar-refractivity contribution in [2.75, 3.05) is 24.8 Å². The Labute approximate surface area is 212 Å². The van der Waals surface area contributed by atoms with Crippen molar-refractivity contribution in [3.05, 3.63) is 67.0 Å². The number of carbonyl (C=O) groups is 1. The van der Waals surface area contributed by atoms with Crippen LogP contribution in [0.4, 0.5) is 5.69 Å². The minimum Gasteiger partial charge on any atom is -0.497 e. The van der Waals surface area contributed by atoms with Crippen LogP contribution in [0.15, 0.2) is 72.1 Å². The average Bonchev–Trinajstić information content (AvgIpc) is 3.53. The van der Waals surface area contributed by atoms with Crippen molar-refractivity contribution in [2.45, 2.75) is 24.9 Å². The van der Waals surface area contributed by atoms with Gasteiger partial charge in [-0.1, -0.05) is 25.1 Å². The number of nitrogens with zero attached hydrogens (tertiary/aromatic N) is 5. The monoisotopic (exact) mass is 502 g/mol. The summed E-state index contributed by atoms with van der Waals surface area (Å²) in [7, 11) is 1.60. The van der Waals surface area contributed by atoms with Gasteiger partial charge in [-0.3, -0.25) is 9.20 Å². The molecule has 36 heavy (non-hydrogen) atoms. The Hall–Kier alpha value is -4.05. The number of carbonyl (C=O) groups excluding carboxylic acids is 1. The molecule has 3 heterocycles. The second-order valence-electron chi connectivity index (χ2n) is 8.13. The molecule has 0 aliphatic rings. The topological polar surface area (TPSA) is 95.0 Å². The molecular weight excluding hydrogens is 476 g/mol. The highest BCUT2D eigenvalue weighted by Crippen LogP contribution is 2.26. The molecule has 0 aliphatic carbocycles. The van der Waals surface area contributed by atoms with E-state index in [9.17, 15) is 4.79 Å². The fourth-order valence-electron chi connectivity index (χ4n) is 3.69. The predicted molar refractivity (Wildman–Crippen MR) is 140 cm³/mol. The number of fused-ring (bicyclic) bond motifs is 3. The summed E-state index contributed by atoms with van der Waals surface area (Å²) < 4.78 is 14.6. The predicted octanol–water partition coefficient (Wildman–Crippen LogP) is 4.96. The molecule has 0 bridgehead atoms. The Morgan fingerprint density at radius 2 is 1.81 bits per heavy atom. The number of amides is 1. The SMILES string of the molecule is CCCCOc1ccc(-c2cc3c4nnc(SCC(=O)Nc5ccc(OC)cc5)n4ccn3n2)cc1. The molecule has 2 aromatic carbocycles. The maximum absolute atomic E-state index is 12.4. The van der Waals surface area contributed by atoms with Gasteiger partial charge in [0.1, 0.15) is 17.0 Å². The molecule has 3 aromatic heterocycles. The Morgan fingerprint density at radius 3 is 2.56 bits per heavy atom. The number of benzene rings is 2. The third-order valence-electron chi connectivity index (χ3n) is 5.61. The van der Waals surface area contributed by atoms with Crippen LogP contribution in [0.25, 0.3) is 22.4 Å². The molecule has 1 N–H and O–H groups in total. The molecule has 1 amide bonds. The average molecular weight is 503 g/mol. The zero-order valence-corrected chi connectivity index (χ0v) is 20.9. The normalized spacial score (nSPS) is 11.2. The number of thioether (sulfide) groups is 1. The van der Waals surface area contributed by atoms with Gasteiger partial charge < -0.3 is 14.8 Å². The molecule has 9 nitrogen and oxygen atoms in total. The lowest BCUT2D eigenvalue weighted by atomic mass is 10.1. The first-order valence-corrected chi connectivity index (χ1v) is 12.7. The number of hydrogen-bond acceptors (Lipinski definition) is 7. The molecule has 0 radical (unpaired) electrons. The molecule has 0 fully saturated rings. The maximum Gasteiger partial charge on any atom is 0.234 e. The van der Waals surface area contributed by atoms with E-state index in [-0.39, 0.29) is 11.7 Å². The lowest BCUT2D eigenvalue weighted by Gasteiger charge is -2.06. The third-order valence-corrected chi connectivity index (χ3v) is 6.55. The van der Waals surface area contributed by atoms with Gasteiger partial charge in [0.15, 0.2) is 10.8 Å². The summed E-state index contributed by atoms with van der Waals surface area (Å²) in [5.41, 5.74) is 4.04. The molecular formula is C26H26N6O3S. The Balaban J connectivity index is 1.28. The number of aromatic nitrogens is 5. The van der Waals surface area contributed by atoms with Crippen LogP contribution in [0, 0.1) is 0 Å². The fourth-order valence-corrected chi connectivity index (χ4v) is 4.41. The van der Waals surface area contributed by atoms with E-state index in [1.807, 2.05) is 47.1 Å². The van der Waals surface area contributed by atoms with E-state index in [0.29, 0.717) is 16.5 Å². The van der Waals surface area contributed by atoms with Crippen molar-refractivity contribution in [3.8, 4) is 22.8 Å². The van der Waals surface area contributed by atoms with Gasteiger partial charge in [-0.05, 0) is 61.0 Å². The zero-order valence-electron chi connectivity index (χ0n) is 20.0.